The standard InChI is InChI=1S/C14H15NO2/c1-14(2,3)13-11(9-17-15-13)12(16)10-7-5-4-6-8-10/h4-9H,1-3H3. The highest BCUT2D eigenvalue weighted by molar-refractivity contribution is 6.09. The van der Waals surface area contributed by atoms with E-state index in [4.69, 9.17) is 4.52 Å². The van der Waals surface area contributed by atoms with E-state index >= 15 is 0 Å². The van der Waals surface area contributed by atoms with Crippen molar-refractivity contribution in [1.29, 1.82) is 0 Å². The van der Waals surface area contributed by atoms with E-state index in [0.29, 0.717) is 16.8 Å². The molecule has 88 valence electrons. The lowest BCUT2D eigenvalue weighted by Gasteiger charge is -2.15. The largest absolute Gasteiger partial charge is 0.364 e. The van der Waals surface area contributed by atoms with Crippen molar-refractivity contribution in [3.05, 3.63) is 53.4 Å². The van der Waals surface area contributed by atoms with Crippen LogP contribution in [0.25, 0.3) is 0 Å². The molecule has 0 amide bonds. The number of nitrogens with zero attached hydrogens (tertiary/aromatic N) is 1. The summed E-state index contributed by atoms with van der Waals surface area (Å²) >= 11 is 0. The molecule has 0 saturated carbocycles. The summed E-state index contributed by atoms with van der Waals surface area (Å²) in [7, 11) is 0. The van der Waals surface area contributed by atoms with Gasteiger partial charge in [-0.2, -0.15) is 0 Å². The van der Waals surface area contributed by atoms with Crippen LogP contribution in [-0.4, -0.2) is 10.9 Å². The van der Waals surface area contributed by atoms with E-state index < -0.39 is 0 Å². The molecule has 17 heavy (non-hydrogen) atoms. The zero-order valence-corrected chi connectivity index (χ0v) is 10.2. The van der Waals surface area contributed by atoms with Crippen molar-refractivity contribution in [2.24, 2.45) is 0 Å². The zero-order chi connectivity index (χ0) is 12.5. The Kier molecular flexibility index (Phi) is 2.84. The Morgan fingerprint density at radius 3 is 2.41 bits per heavy atom. The van der Waals surface area contributed by atoms with Gasteiger partial charge in [0.15, 0.2) is 5.78 Å². The summed E-state index contributed by atoms with van der Waals surface area (Å²) < 4.78 is 4.94. The van der Waals surface area contributed by atoms with Crippen LogP contribution >= 0.6 is 0 Å². The first-order chi connectivity index (χ1) is 8.00. The van der Waals surface area contributed by atoms with E-state index in [1.54, 1.807) is 12.1 Å². The summed E-state index contributed by atoms with van der Waals surface area (Å²) in [5, 5.41) is 3.94. The molecule has 1 aromatic carbocycles. The fourth-order valence-corrected chi connectivity index (χ4v) is 1.68. The average molecular weight is 229 g/mol. The van der Waals surface area contributed by atoms with Gasteiger partial charge in [-0.05, 0) is 0 Å². The Morgan fingerprint density at radius 1 is 1.18 bits per heavy atom. The van der Waals surface area contributed by atoms with Gasteiger partial charge in [0.1, 0.15) is 12.0 Å². The second kappa shape index (κ2) is 4.17. The zero-order valence-electron chi connectivity index (χ0n) is 10.2. The monoisotopic (exact) mass is 229 g/mol. The van der Waals surface area contributed by atoms with Crippen molar-refractivity contribution in [1.82, 2.24) is 5.16 Å². The minimum Gasteiger partial charge on any atom is -0.364 e. The summed E-state index contributed by atoms with van der Waals surface area (Å²) in [6, 6.07) is 9.16. The van der Waals surface area contributed by atoms with Gasteiger partial charge in [-0.25, -0.2) is 0 Å². The highest BCUT2D eigenvalue weighted by Crippen LogP contribution is 2.25. The predicted molar refractivity (Wildman–Crippen MR) is 65.1 cm³/mol. The lowest BCUT2D eigenvalue weighted by atomic mass is 9.87. The van der Waals surface area contributed by atoms with Gasteiger partial charge in [-0.15, -0.1) is 0 Å². The number of rotatable bonds is 2. The molecule has 2 rings (SSSR count). The molecule has 0 aliphatic carbocycles. The molecule has 2 aromatic rings. The van der Waals surface area contributed by atoms with Crippen LogP contribution < -0.4 is 0 Å². The van der Waals surface area contributed by atoms with E-state index in [0.717, 1.165) is 0 Å². The summed E-state index contributed by atoms with van der Waals surface area (Å²) in [5.74, 6) is -0.0447. The lowest BCUT2D eigenvalue weighted by Crippen LogP contribution is -2.16. The summed E-state index contributed by atoms with van der Waals surface area (Å²) in [6.07, 6.45) is 1.43. The average Bonchev–Trinajstić information content (AvgIpc) is 2.78. The maximum absolute atomic E-state index is 12.3. The van der Waals surface area contributed by atoms with Crippen LogP contribution in [0.15, 0.2) is 41.1 Å². The highest BCUT2D eigenvalue weighted by atomic mass is 16.5. The first kappa shape index (κ1) is 11.6. The molecule has 1 heterocycles. The Labute approximate surface area is 100 Å². The Balaban J connectivity index is 2.43. The summed E-state index contributed by atoms with van der Waals surface area (Å²) in [4.78, 5) is 12.3. The molecule has 3 nitrogen and oxygen atoms in total. The normalized spacial score (nSPS) is 11.5. The molecule has 0 fully saturated rings. The third kappa shape index (κ3) is 2.28. The molecule has 1 aromatic heterocycles. The topological polar surface area (TPSA) is 43.1 Å². The molecule has 0 unspecified atom stereocenters. The smallest absolute Gasteiger partial charge is 0.198 e. The van der Waals surface area contributed by atoms with E-state index in [-0.39, 0.29) is 11.2 Å². The Hall–Kier alpha value is -1.90. The van der Waals surface area contributed by atoms with Crippen LogP contribution in [0.4, 0.5) is 0 Å². The number of carbonyl (C=O) groups excluding carboxylic acids is 1. The van der Waals surface area contributed by atoms with E-state index in [9.17, 15) is 4.79 Å². The van der Waals surface area contributed by atoms with Crippen LogP contribution in [-0.2, 0) is 5.41 Å². The van der Waals surface area contributed by atoms with Crippen LogP contribution in [0, 0.1) is 0 Å². The number of hydrogen-bond acceptors (Lipinski definition) is 3. The van der Waals surface area contributed by atoms with Crippen LogP contribution in [0.5, 0.6) is 0 Å². The van der Waals surface area contributed by atoms with Gasteiger partial charge in [0.25, 0.3) is 0 Å². The van der Waals surface area contributed by atoms with Gasteiger partial charge < -0.3 is 4.52 Å². The molecule has 0 saturated heterocycles. The molecule has 0 N–H and O–H groups in total. The number of ketones is 1. The van der Waals surface area contributed by atoms with Crippen molar-refractivity contribution >= 4 is 5.78 Å². The fourth-order valence-electron chi connectivity index (χ4n) is 1.68. The molecule has 0 radical (unpaired) electrons. The maximum Gasteiger partial charge on any atom is 0.198 e. The molecular weight excluding hydrogens is 214 g/mol. The van der Waals surface area contributed by atoms with Crippen molar-refractivity contribution in [3.63, 3.8) is 0 Å². The van der Waals surface area contributed by atoms with Gasteiger partial charge in [-0.1, -0.05) is 56.3 Å². The van der Waals surface area contributed by atoms with E-state index in [2.05, 4.69) is 5.16 Å². The van der Waals surface area contributed by atoms with Gasteiger partial charge in [0.05, 0.1) is 5.56 Å². The SMILES string of the molecule is CC(C)(C)c1nocc1C(=O)c1ccccc1. The third-order valence-electron chi connectivity index (χ3n) is 2.56. The lowest BCUT2D eigenvalue weighted by molar-refractivity contribution is 0.103. The van der Waals surface area contributed by atoms with Crippen molar-refractivity contribution in [2.75, 3.05) is 0 Å². The second-order valence-corrected chi connectivity index (χ2v) is 5.02. The van der Waals surface area contributed by atoms with Gasteiger partial charge >= 0.3 is 0 Å². The quantitative estimate of drug-likeness (QED) is 0.743. The molecule has 3 heteroatoms. The van der Waals surface area contributed by atoms with E-state index in [1.807, 2.05) is 39.0 Å². The van der Waals surface area contributed by atoms with Crippen molar-refractivity contribution in [2.45, 2.75) is 26.2 Å². The molecule has 0 aliphatic rings. The number of aromatic nitrogens is 1. The number of hydrogen-bond donors (Lipinski definition) is 0. The minimum absolute atomic E-state index is 0.0447. The highest BCUT2D eigenvalue weighted by Gasteiger charge is 2.26. The van der Waals surface area contributed by atoms with Crippen molar-refractivity contribution in [3.8, 4) is 0 Å². The molecular formula is C14H15NO2. The Bertz CT molecular complexity index is 521. The second-order valence-electron chi connectivity index (χ2n) is 5.02. The number of carbonyl (C=O) groups is 1. The van der Waals surface area contributed by atoms with Gasteiger partial charge in [0.2, 0.25) is 0 Å². The van der Waals surface area contributed by atoms with Crippen LogP contribution in [0.3, 0.4) is 0 Å². The summed E-state index contributed by atoms with van der Waals surface area (Å²) in [6.45, 7) is 6.02. The van der Waals surface area contributed by atoms with Gasteiger partial charge in [-0.3, -0.25) is 4.79 Å². The minimum atomic E-state index is -0.202. The fraction of sp³-hybridized carbons (Fsp3) is 0.286. The molecule has 0 aliphatic heterocycles. The molecule has 0 spiro atoms. The van der Waals surface area contributed by atoms with E-state index in [1.165, 1.54) is 6.26 Å². The Morgan fingerprint density at radius 2 is 1.82 bits per heavy atom. The van der Waals surface area contributed by atoms with Crippen LogP contribution in [0.1, 0.15) is 42.4 Å². The predicted octanol–water partition coefficient (Wildman–Crippen LogP) is 3.20. The molecule has 0 atom stereocenters. The molecule has 0 bridgehead atoms. The maximum atomic E-state index is 12.3. The summed E-state index contributed by atoms with van der Waals surface area (Å²) in [5.41, 5.74) is 1.70. The first-order valence-corrected chi connectivity index (χ1v) is 5.55. The number of benzene rings is 1. The van der Waals surface area contributed by atoms with Gasteiger partial charge in [0, 0.05) is 11.0 Å². The van der Waals surface area contributed by atoms with Crippen molar-refractivity contribution < 1.29 is 9.32 Å². The van der Waals surface area contributed by atoms with Crippen LogP contribution in [0.2, 0.25) is 0 Å². The first-order valence-electron chi connectivity index (χ1n) is 5.55. The third-order valence-corrected chi connectivity index (χ3v) is 2.56.